The lowest BCUT2D eigenvalue weighted by atomic mass is 9.71. The van der Waals surface area contributed by atoms with Crippen molar-refractivity contribution in [2.75, 3.05) is 33.3 Å². The molecule has 4 aliphatic rings. The molecule has 1 N–H and O–H groups in total. The molecule has 29 heavy (non-hydrogen) atoms. The van der Waals surface area contributed by atoms with Gasteiger partial charge in [0.1, 0.15) is 5.75 Å². The van der Waals surface area contributed by atoms with Gasteiger partial charge >= 0.3 is 0 Å². The molecule has 5 atom stereocenters. The van der Waals surface area contributed by atoms with Crippen LogP contribution in [-0.2, 0) is 11.2 Å². The average Bonchev–Trinajstić information content (AvgIpc) is 3.31. The number of fused-ring (bicyclic) bond motifs is 4. The molecule has 4 heterocycles. The lowest BCUT2D eigenvalue weighted by Gasteiger charge is -2.57. The SMILES string of the molecule is COc1cccc(C[C@H]2[C@H]3C[C@H](CN(C(=O)[C@H]4CCCN4)C3)[C@@H]3CCCCN32)c1. The van der Waals surface area contributed by atoms with Crippen molar-refractivity contribution in [3.8, 4) is 5.75 Å². The number of benzene rings is 1. The molecule has 5 nitrogen and oxygen atoms in total. The van der Waals surface area contributed by atoms with Gasteiger partial charge in [-0.15, -0.1) is 0 Å². The summed E-state index contributed by atoms with van der Waals surface area (Å²) < 4.78 is 5.46. The zero-order chi connectivity index (χ0) is 19.8. The van der Waals surface area contributed by atoms with Crippen LogP contribution in [0.15, 0.2) is 24.3 Å². The van der Waals surface area contributed by atoms with E-state index in [2.05, 4.69) is 33.3 Å². The quantitative estimate of drug-likeness (QED) is 0.849. The Labute approximate surface area is 174 Å². The number of hydrogen-bond acceptors (Lipinski definition) is 4. The molecule has 2 bridgehead atoms. The summed E-state index contributed by atoms with van der Waals surface area (Å²) in [5, 5.41) is 3.42. The fourth-order valence-electron chi connectivity index (χ4n) is 6.53. The van der Waals surface area contributed by atoms with Crippen LogP contribution in [0.4, 0.5) is 0 Å². The van der Waals surface area contributed by atoms with Crippen LogP contribution in [0.2, 0.25) is 0 Å². The predicted octanol–water partition coefficient (Wildman–Crippen LogP) is 2.69. The fraction of sp³-hybridized carbons (Fsp3) is 0.708. The Hall–Kier alpha value is -1.59. The summed E-state index contributed by atoms with van der Waals surface area (Å²) in [5.74, 6) is 2.54. The first kappa shape index (κ1) is 19.4. The second-order valence-electron chi connectivity index (χ2n) is 9.57. The number of carbonyl (C=O) groups excluding carboxylic acids is 1. The van der Waals surface area contributed by atoms with Crippen molar-refractivity contribution in [1.82, 2.24) is 15.1 Å². The molecule has 5 heteroatoms. The number of ether oxygens (including phenoxy) is 1. The van der Waals surface area contributed by atoms with Crippen molar-refractivity contribution < 1.29 is 9.53 Å². The molecule has 0 spiro atoms. The highest BCUT2D eigenvalue weighted by molar-refractivity contribution is 5.82. The summed E-state index contributed by atoms with van der Waals surface area (Å²) >= 11 is 0. The molecule has 0 unspecified atom stereocenters. The average molecular weight is 398 g/mol. The summed E-state index contributed by atoms with van der Waals surface area (Å²) in [4.78, 5) is 18.2. The minimum atomic E-state index is 0.0631. The van der Waals surface area contributed by atoms with E-state index in [4.69, 9.17) is 4.74 Å². The van der Waals surface area contributed by atoms with Gasteiger partial charge in [0.05, 0.1) is 13.2 Å². The van der Waals surface area contributed by atoms with E-state index in [0.29, 0.717) is 29.8 Å². The number of piperidine rings is 3. The van der Waals surface area contributed by atoms with E-state index in [9.17, 15) is 4.79 Å². The molecule has 158 valence electrons. The third-order valence-corrected chi connectivity index (χ3v) is 7.87. The monoisotopic (exact) mass is 397 g/mol. The van der Waals surface area contributed by atoms with Crippen LogP contribution < -0.4 is 10.1 Å². The van der Waals surface area contributed by atoms with Crippen molar-refractivity contribution in [3.63, 3.8) is 0 Å². The van der Waals surface area contributed by atoms with E-state index in [1.807, 2.05) is 6.07 Å². The summed E-state index contributed by atoms with van der Waals surface area (Å²) in [5.41, 5.74) is 1.36. The lowest BCUT2D eigenvalue weighted by Crippen LogP contribution is -2.65. The molecular weight excluding hydrogens is 362 g/mol. The Morgan fingerprint density at radius 3 is 2.90 bits per heavy atom. The van der Waals surface area contributed by atoms with Gasteiger partial charge in [0.25, 0.3) is 0 Å². The van der Waals surface area contributed by atoms with Crippen LogP contribution in [0, 0.1) is 11.8 Å². The highest BCUT2D eigenvalue weighted by atomic mass is 16.5. The Morgan fingerprint density at radius 2 is 2.07 bits per heavy atom. The molecule has 0 saturated carbocycles. The van der Waals surface area contributed by atoms with Crippen LogP contribution >= 0.6 is 0 Å². The highest BCUT2D eigenvalue weighted by Gasteiger charge is 2.48. The van der Waals surface area contributed by atoms with Gasteiger partial charge in [-0.25, -0.2) is 0 Å². The number of rotatable bonds is 4. The Bertz CT molecular complexity index is 733. The predicted molar refractivity (Wildman–Crippen MR) is 114 cm³/mol. The molecule has 0 aromatic heterocycles. The Kier molecular flexibility index (Phi) is 5.53. The number of methoxy groups -OCH3 is 1. The topological polar surface area (TPSA) is 44.8 Å². The van der Waals surface area contributed by atoms with Gasteiger partial charge in [0.2, 0.25) is 5.91 Å². The van der Waals surface area contributed by atoms with Crippen LogP contribution in [0.25, 0.3) is 0 Å². The van der Waals surface area contributed by atoms with Crippen molar-refractivity contribution in [1.29, 1.82) is 0 Å². The number of carbonyl (C=O) groups is 1. The maximum absolute atomic E-state index is 13.2. The Balaban J connectivity index is 1.38. The largest absolute Gasteiger partial charge is 0.497 e. The third kappa shape index (κ3) is 3.79. The van der Waals surface area contributed by atoms with E-state index < -0.39 is 0 Å². The first-order chi connectivity index (χ1) is 14.2. The molecule has 5 rings (SSSR count). The third-order valence-electron chi connectivity index (χ3n) is 7.87. The number of likely N-dealkylation sites (tertiary alicyclic amines) is 1. The van der Waals surface area contributed by atoms with E-state index in [1.165, 1.54) is 37.8 Å². The number of amides is 1. The van der Waals surface area contributed by atoms with Gasteiger partial charge in [0.15, 0.2) is 0 Å². The first-order valence-corrected chi connectivity index (χ1v) is 11.6. The molecule has 4 aliphatic heterocycles. The van der Waals surface area contributed by atoms with Gasteiger partial charge < -0.3 is 15.0 Å². The molecule has 1 aromatic rings. The van der Waals surface area contributed by atoms with Gasteiger partial charge in [-0.2, -0.15) is 0 Å². The van der Waals surface area contributed by atoms with Gasteiger partial charge in [-0.3, -0.25) is 9.69 Å². The maximum Gasteiger partial charge on any atom is 0.239 e. The minimum Gasteiger partial charge on any atom is -0.497 e. The van der Waals surface area contributed by atoms with E-state index in [0.717, 1.165) is 44.6 Å². The van der Waals surface area contributed by atoms with Gasteiger partial charge in [-0.1, -0.05) is 18.6 Å². The molecular formula is C24H35N3O2. The summed E-state index contributed by atoms with van der Waals surface area (Å²) in [7, 11) is 1.74. The molecule has 1 amide bonds. The molecule has 4 saturated heterocycles. The number of nitrogens with one attached hydrogen (secondary N) is 1. The van der Waals surface area contributed by atoms with Crippen molar-refractivity contribution in [3.05, 3.63) is 29.8 Å². The van der Waals surface area contributed by atoms with Crippen molar-refractivity contribution >= 4 is 5.91 Å². The standard InChI is InChI=1S/C24H35N3O2/c1-29-20-7-4-6-17(12-20)13-23-19-14-18(22-9-2-3-11-27(22)23)15-26(16-19)24(28)21-8-5-10-25-21/h4,6-7,12,18-19,21-23,25H,2-3,5,8-11,13-16H2,1H3/t18-,19+,21-,22+,23+/m1/s1. The fourth-order valence-corrected chi connectivity index (χ4v) is 6.53. The molecule has 1 aromatic carbocycles. The second-order valence-corrected chi connectivity index (χ2v) is 9.57. The maximum atomic E-state index is 13.2. The van der Waals surface area contributed by atoms with Crippen LogP contribution in [0.1, 0.15) is 44.1 Å². The van der Waals surface area contributed by atoms with Crippen LogP contribution in [-0.4, -0.2) is 67.1 Å². The number of nitrogens with zero attached hydrogens (tertiary/aromatic N) is 2. The van der Waals surface area contributed by atoms with Crippen LogP contribution in [0.5, 0.6) is 5.75 Å². The summed E-state index contributed by atoms with van der Waals surface area (Å²) in [6, 6.07) is 9.82. The summed E-state index contributed by atoms with van der Waals surface area (Å²) in [6.45, 7) is 4.13. The lowest BCUT2D eigenvalue weighted by molar-refractivity contribution is -0.142. The minimum absolute atomic E-state index is 0.0631. The van der Waals surface area contributed by atoms with Crippen molar-refractivity contribution in [2.45, 2.75) is 63.1 Å². The molecule has 0 aliphatic carbocycles. The summed E-state index contributed by atoms with van der Waals surface area (Å²) in [6.07, 6.45) is 8.45. The van der Waals surface area contributed by atoms with Crippen molar-refractivity contribution in [2.24, 2.45) is 11.8 Å². The molecule has 0 radical (unpaired) electrons. The van der Waals surface area contributed by atoms with E-state index in [1.54, 1.807) is 7.11 Å². The van der Waals surface area contributed by atoms with Crippen LogP contribution in [0.3, 0.4) is 0 Å². The smallest absolute Gasteiger partial charge is 0.239 e. The normalized spacial score (nSPS) is 34.7. The zero-order valence-electron chi connectivity index (χ0n) is 17.7. The van der Waals surface area contributed by atoms with E-state index in [-0.39, 0.29) is 6.04 Å². The Morgan fingerprint density at radius 1 is 1.17 bits per heavy atom. The second kappa shape index (κ2) is 8.27. The highest BCUT2D eigenvalue weighted by Crippen LogP contribution is 2.42. The zero-order valence-corrected chi connectivity index (χ0v) is 17.7. The molecule has 4 fully saturated rings. The first-order valence-electron chi connectivity index (χ1n) is 11.6. The van der Waals surface area contributed by atoms with Gasteiger partial charge in [0, 0.05) is 25.2 Å². The van der Waals surface area contributed by atoms with E-state index >= 15 is 0 Å². The van der Waals surface area contributed by atoms with Gasteiger partial charge in [-0.05, 0) is 81.1 Å². The number of hydrogen-bond donors (Lipinski definition) is 1.